The Kier molecular flexibility index (Phi) is 7.53. The van der Waals surface area contributed by atoms with Gasteiger partial charge >= 0.3 is 6.03 Å². The second-order valence-corrected chi connectivity index (χ2v) is 7.64. The SMILES string of the molecule is CC(C)(C)NC(=O)Nc1ccc(Cl)c(C(=O)NCC(N)C2CC2)c1.Cl. The molecule has 5 N–H and O–H groups in total. The Morgan fingerprint density at radius 3 is 2.52 bits per heavy atom. The molecule has 0 heterocycles. The predicted molar refractivity (Wildman–Crippen MR) is 104 cm³/mol. The number of nitrogens with two attached hydrogens (primary N) is 1. The minimum Gasteiger partial charge on any atom is -0.350 e. The zero-order valence-electron chi connectivity index (χ0n) is 14.7. The summed E-state index contributed by atoms with van der Waals surface area (Å²) >= 11 is 6.10. The summed E-state index contributed by atoms with van der Waals surface area (Å²) in [7, 11) is 0. The van der Waals surface area contributed by atoms with Crippen LogP contribution >= 0.6 is 24.0 Å². The topological polar surface area (TPSA) is 96.2 Å². The van der Waals surface area contributed by atoms with Gasteiger partial charge in [-0.15, -0.1) is 12.4 Å². The maximum Gasteiger partial charge on any atom is 0.319 e. The Balaban J connectivity index is 0.00000312. The van der Waals surface area contributed by atoms with Gasteiger partial charge in [0, 0.05) is 23.8 Å². The van der Waals surface area contributed by atoms with Gasteiger partial charge in [0.15, 0.2) is 0 Å². The van der Waals surface area contributed by atoms with Crippen molar-refractivity contribution in [2.75, 3.05) is 11.9 Å². The Hall–Kier alpha value is -1.50. The summed E-state index contributed by atoms with van der Waals surface area (Å²) in [6, 6.07) is 4.43. The molecule has 1 aromatic rings. The lowest BCUT2D eigenvalue weighted by atomic mass is 10.1. The molecule has 0 radical (unpaired) electrons. The minimum atomic E-state index is -0.352. The van der Waals surface area contributed by atoms with Gasteiger partial charge in [-0.05, 0) is 57.7 Å². The molecule has 1 fully saturated rings. The summed E-state index contributed by atoms with van der Waals surface area (Å²) < 4.78 is 0. The molecule has 2 rings (SSSR count). The second kappa shape index (κ2) is 8.74. The molecule has 1 unspecified atom stereocenters. The van der Waals surface area contributed by atoms with Gasteiger partial charge in [0.25, 0.3) is 5.91 Å². The highest BCUT2D eigenvalue weighted by atomic mass is 35.5. The number of carbonyl (C=O) groups excluding carboxylic acids is 2. The number of anilines is 1. The molecule has 0 spiro atoms. The first kappa shape index (κ1) is 21.5. The molecule has 1 aliphatic carbocycles. The van der Waals surface area contributed by atoms with E-state index in [0.717, 1.165) is 12.8 Å². The third-order valence-corrected chi connectivity index (χ3v) is 4.01. The van der Waals surface area contributed by atoms with Gasteiger partial charge in [0.2, 0.25) is 0 Å². The van der Waals surface area contributed by atoms with Gasteiger partial charge in [-0.2, -0.15) is 0 Å². The summed E-state index contributed by atoms with van der Waals surface area (Å²) in [6.45, 7) is 6.07. The number of urea groups is 1. The van der Waals surface area contributed by atoms with Crippen LogP contribution in [0.25, 0.3) is 0 Å². The molecule has 3 amide bonds. The number of hydrogen-bond donors (Lipinski definition) is 4. The quantitative estimate of drug-likeness (QED) is 0.623. The van der Waals surface area contributed by atoms with Gasteiger partial charge in [0.1, 0.15) is 0 Å². The standard InChI is InChI=1S/C17H25ClN4O2.ClH/c1-17(2,3)22-16(24)21-11-6-7-13(18)12(8-11)15(23)20-9-14(19)10-4-5-10;/h6-8,10,14H,4-5,9,19H2,1-3H3,(H,20,23)(H2,21,22,24);1H. The second-order valence-electron chi connectivity index (χ2n) is 7.24. The van der Waals surface area contributed by atoms with Crippen molar-refractivity contribution in [3.05, 3.63) is 28.8 Å². The molecule has 1 aliphatic rings. The van der Waals surface area contributed by atoms with Gasteiger partial charge in [-0.25, -0.2) is 4.79 Å². The zero-order valence-corrected chi connectivity index (χ0v) is 16.3. The van der Waals surface area contributed by atoms with Crippen LogP contribution in [-0.4, -0.2) is 30.1 Å². The third kappa shape index (κ3) is 7.10. The summed E-state index contributed by atoms with van der Waals surface area (Å²) in [6.07, 6.45) is 2.25. The van der Waals surface area contributed by atoms with E-state index >= 15 is 0 Å². The molecule has 0 bridgehead atoms. The lowest BCUT2D eigenvalue weighted by Gasteiger charge is -2.21. The molecule has 25 heavy (non-hydrogen) atoms. The number of carbonyl (C=O) groups is 2. The number of hydrogen-bond acceptors (Lipinski definition) is 3. The number of benzene rings is 1. The fourth-order valence-corrected chi connectivity index (χ4v) is 2.48. The Labute approximate surface area is 159 Å². The molecule has 1 saturated carbocycles. The molecule has 8 heteroatoms. The van der Waals surface area contributed by atoms with Crippen molar-refractivity contribution in [1.82, 2.24) is 10.6 Å². The van der Waals surface area contributed by atoms with Crippen LogP contribution in [-0.2, 0) is 0 Å². The van der Waals surface area contributed by atoms with Crippen LogP contribution in [0.15, 0.2) is 18.2 Å². The summed E-state index contributed by atoms with van der Waals surface area (Å²) in [5, 5.41) is 8.62. The first-order valence-corrected chi connectivity index (χ1v) is 8.46. The van der Waals surface area contributed by atoms with E-state index < -0.39 is 0 Å². The molecule has 140 valence electrons. The highest BCUT2D eigenvalue weighted by Crippen LogP contribution is 2.31. The van der Waals surface area contributed by atoms with Crippen molar-refractivity contribution in [3.8, 4) is 0 Å². The van der Waals surface area contributed by atoms with Gasteiger partial charge in [-0.1, -0.05) is 11.6 Å². The van der Waals surface area contributed by atoms with E-state index in [1.807, 2.05) is 20.8 Å². The molecule has 1 atom stereocenters. The normalized spacial score (nSPS) is 14.9. The number of halogens is 2. The molecule has 0 saturated heterocycles. The average molecular weight is 389 g/mol. The highest BCUT2D eigenvalue weighted by molar-refractivity contribution is 6.34. The van der Waals surface area contributed by atoms with Crippen LogP contribution in [0.2, 0.25) is 5.02 Å². The van der Waals surface area contributed by atoms with Crippen LogP contribution < -0.4 is 21.7 Å². The van der Waals surface area contributed by atoms with Crippen molar-refractivity contribution >= 4 is 41.6 Å². The van der Waals surface area contributed by atoms with Crippen molar-refractivity contribution in [2.24, 2.45) is 11.7 Å². The summed E-state index contributed by atoms with van der Waals surface area (Å²) in [4.78, 5) is 24.2. The Morgan fingerprint density at radius 1 is 1.32 bits per heavy atom. The smallest absolute Gasteiger partial charge is 0.319 e. The van der Waals surface area contributed by atoms with Crippen LogP contribution in [0.5, 0.6) is 0 Å². The van der Waals surface area contributed by atoms with Crippen LogP contribution in [0, 0.1) is 5.92 Å². The number of amides is 3. The van der Waals surface area contributed by atoms with Gasteiger partial charge in [0.05, 0.1) is 10.6 Å². The van der Waals surface area contributed by atoms with E-state index in [9.17, 15) is 9.59 Å². The van der Waals surface area contributed by atoms with Crippen molar-refractivity contribution < 1.29 is 9.59 Å². The minimum absolute atomic E-state index is 0. The Bertz CT molecular complexity index is 628. The van der Waals surface area contributed by atoms with E-state index in [-0.39, 0.29) is 35.9 Å². The lowest BCUT2D eigenvalue weighted by Crippen LogP contribution is -2.43. The molecular weight excluding hydrogens is 363 g/mol. The van der Waals surface area contributed by atoms with Crippen molar-refractivity contribution in [2.45, 2.75) is 45.2 Å². The van der Waals surface area contributed by atoms with Crippen LogP contribution in [0.4, 0.5) is 10.5 Å². The Morgan fingerprint density at radius 2 is 1.96 bits per heavy atom. The van der Waals surface area contributed by atoms with Crippen molar-refractivity contribution in [3.63, 3.8) is 0 Å². The summed E-state index contributed by atoms with van der Waals surface area (Å²) in [5.74, 6) is 0.214. The van der Waals surface area contributed by atoms with Crippen molar-refractivity contribution in [1.29, 1.82) is 0 Å². The monoisotopic (exact) mass is 388 g/mol. The maximum atomic E-state index is 12.3. The fraction of sp³-hybridized carbons (Fsp3) is 0.529. The molecule has 0 aromatic heterocycles. The van der Waals surface area contributed by atoms with Gasteiger partial charge in [-0.3, -0.25) is 4.79 Å². The van der Waals surface area contributed by atoms with E-state index in [1.165, 1.54) is 0 Å². The van der Waals surface area contributed by atoms with E-state index in [2.05, 4.69) is 16.0 Å². The fourth-order valence-electron chi connectivity index (χ4n) is 2.28. The van der Waals surface area contributed by atoms with E-state index in [0.29, 0.717) is 28.7 Å². The molecular formula is C17H26Cl2N4O2. The first-order valence-electron chi connectivity index (χ1n) is 8.08. The van der Waals surface area contributed by atoms with E-state index in [1.54, 1.807) is 18.2 Å². The zero-order chi connectivity index (χ0) is 17.9. The average Bonchev–Trinajstić information content (AvgIpc) is 3.29. The number of rotatable bonds is 5. The highest BCUT2D eigenvalue weighted by Gasteiger charge is 2.28. The molecule has 0 aliphatic heterocycles. The maximum absolute atomic E-state index is 12.3. The van der Waals surface area contributed by atoms with E-state index in [4.69, 9.17) is 17.3 Å². The molecule has 6 nitrogen and oxygen atoms in total. The molecule has 1 aromatic carbocycles. The first-order chi connectivity index (χ1) is 11.2. The van der Waals surface area contributed by atoms with Gasteiger partial charge < -0.3 is 21.7 Å². The number of nitrogens with one attached hydrogen (secondary N) is 3. The lowest BCUT2D eigenvalue weighted by molar-refractivity contribution is 0.0950. The van der Waals surface area contributed by atoms with Crippen LogP contribution in [0.1, 0.15) is 44.0 Å². The third-order valence-electron chi connectivity index (χ3n) is 3.68. The largest absolute Gasteiger partial charge is 0.350 e. The predicted octanol–water partition coefficient (Wildman–Crippen LogP) is 3.15. The summed E-state index contributed by atoms with van der Waals surface area (Å²) in [5.41, 5.74) is 6.44. The van der Waals surface area contributed by atoms with Crippen LogP contribution in [0.3, 0.4) is 0 Å².